The summed E-state index contributed by atoms with van der Waals surface area (Å²) in [5, 5.41) is 0. The monoisotopic (exact) mass is 183 g/mol. The van der Waals surface area contributed by atoms with Crippen molar-refractivity contribution in [2.24, 2.45) is 17.6 Å². The number of Topliss-reactive ketones (excluding diaryl/α,β-unsaturated/α-hetero) is 1. The van der Waals surface area contributed by atoms with Crippen LogP contribution in [0.1, 0.15) is 46.0 Å². The van der Waals surface area contributed by atoms with Crippen LogP contribution >= 0.6 is 0 Å². The van der Waals surface area contributed by atoms with Crippen LogP contribution < -0.4 is 5.73 Å². The summed E-state index contributed by atoms with van der Waals surface area (Å²) in [6.07, 6.45) is 5.85. The van der Waals surface area contributed by atoms with E-state index in [1.165, 1.54) is 19.3 Å². The van der Waals surface area contributed by atoms with Crippen LogP contribution in [0.25, 0.3) is 0 Å². The predicted octanol–water partition coefficient (Wildman–Crippen LogP) is 2.12. The van der Waals surface area contributed by atoms with E-state index in [0.717, 1.165) is 12.8 Å². The lowest BCUT2D eigenvalue weighted by Crippen LogP contribution is -2.40. The summed E-state index contributed by atoms with van der Waals surface area (Å²) in [5.74, 6) is 0.857. The molecule has 1 unspecified atom stereocenters. The van der Waals surface area contributed by atoms with Gasteiger partial charge in [0, 0.05) is 5.92 Å². The molecule has 0 aromatic heterocycles. The fraction of sp³-hybridized carbons (Fsp3) is 0.909. The zero-order valence-electron chi connectivity index (χ0n) is 8.75. The first kappa shape index (κ1) is 10.7. The van der Waals surface area contributed by atoms with Gasteiger partial charge in [0.05, 0.1) is 6.04 Å². The summed E-state index contributed by atoms with van der Waals surface area (Å²) in [6, 6.07) is -0.233. The summed E-state index contributed by atoms with van der Waals surface area (Å²) in [7, 11) is 0. The molecule has 0 spiro atoms. The predicted molar refractivity (Wildman–Crippen MR) is 54.4 cm³/mol. The van der Waals surface area contributed by atoms with Crippen LogP contribution in [0.3, 0.4) is 0 Å². The minimum Gasteiger partial charge on any atom is -0.321 e. The molecule has 0 bridgehead atoms. The van der Waals surface area contributed by atoms with E-state index in [2.05, 4.69) is 0 Å². The standard InChI is InChI=1S/C11H21NO/c1-8(2)10(12)11(13)9-6-4-3-5-7-9/h8-10H,3-7,12H2,1-2H3. The van der Waals surface area contributed by atoms with Gasteiger partial charge in [-0.1, -0.05) is 33.1 Å². The Morgan fingerprint density at radius 2 is 1.77 bits per heavy atom. The van der Waals surface area contributed by atoms with Crippen LogP contribution in [-0.4, -0.2) is 11.8 Å². The third-order valence-electron chi connectivity index (χ3n) is 3.05. The molecule has 1 rings (SSSR count). The minimum absolute atomic E-state index is 0.233. The van der Waals surface area contributed by atoms with Gasteiger partial charge in [-0.05, 0) is 18.8 Å². The number of carbonyl (C=O) groups excluding carboxylic acids is 1. The molecule has 0 saturated heterocycles. The van der Waals surface area contributed by atoms with E-state index in [1.807, 2.05) is 13.8 Å². The topological polar surface area (TPSA) is 43.1 Å². The molecule has 0 aliphatic heterocycles. The third kappa shape index (κ3) is 2.80. The fourth-order valence-corrected chi connectivity index (χ4v) is 1.99. The maximum Gasteiger partial charge on any atom is 0.152 e. The van der Waals surface area contributed by atoms with Crippen molar-refractivity contribution >= 4 is 5.78 Å². The molecule has 76 valence electrons. The number of ketones is 1. The Balaban J connectivity index is 2.45. The van der Waals surface area contributed by atoms with Crippen molar-refractivity contribution in [1.29, 1.82) is 0 Å². The van der Waals surface area contributed by atoms with E-state index < -0.39 is 0 Å². The third-order valence-corrected chi connectivity index (χ3v) is 3.05. The number of hydrogen-bond donors (Lipinski definition) is 1. The van der Waals surface area contributed by atoms with Crippen LogP contribution in [0, 0.1) is 11.8 Å². The first-order valence-electron chi connectivity index (χ1n) is 5.42. The smallest absolute Gasteiger partial charge is 0.152 e. The lowest BCUT2D eigenvalue weighted by molar-refractivity contribution is -0.125. The van der Waals surface area contributed by atoms with Crippen LogP contribution in [0.5, 0.6) is 0 Å². The average molecular weight is 183 g/mol. The van der Waals surface area contributed by atoms with E-state index in [0.29, 0.717) is 5.78 Å². The van der Waals surface area contributed by atoms with Crippen LogP contribution in [0.2, 0.25) is 0 Å². The quantitative estimate of drug-likeness (QED) is 0.728. The molecule has 0 aromatic carbocycles. The first-order valence-corrected chi connectivity index (χ1v) is 5.42. The van der Waals surface area contributed by atoms with Gasteiger partial charge in [0.2, 0.25) is 0 Å². The Morgan fingerprint density at radius 1 is 1.23 bits per heavy atom. The van der Waals surface area contributed by atoms with E-state index in [4.69, 9.17) is 5.73 Å². The summed E-state index contributed by atoms with van der Waals surface area (Å²) in [4.78, 5) is 11.8. The zero-order valence-corrected chi connectivity index (χ0v) is 8.75. The molecule has 1 saturated carbocycles. The van der Waals surface area contributed by atoms with E-state index >= 15 is 0 Å². The molecular weight excluding hydrogens is 162 g/mol. The maximum absolute atomic E-state index is 11.8. The van der Waals surface area contributed by atoms with Gasteiger partial charge in [0.15, 0.2) is 5.78 Å². The molecule has 2 nitrogen and oxygen atoms in total. The Hall–Kier alpha value is -0.370. The second kappa shape index (κ2) is 4.75. The summed E-state index contributed by atoms with van der Waals surface area (Å²) >= 11 is 0. The van der Waals surface area contributed by atoms with E-state index in [1.54, 1.807) is 0 Å². The molecular formula is C11H21NO. The van der Waals surface area contributed by atoms with Gasteiger partial charge in [0.1, 0.15) is 0 Å². The van der Waals surface area contributed by atoms with E-state index in [9.17, 15) is 4.79 Å². The molecule has 1 aliphatic carbocycles. The summed E-state index contributed by atoms with van der Waals surface area (Å²) in [5.41, 5.74) is 5.84. The number of rotatable bonds is 3. The largest absolute Gasteiger partial charge is 0.321 e. The highest BCUT2D eigenvalue weighted by molar-refractivity contribution is 5.86. The highest BCUT2D eigenvalue weighted by atomic mass is 16.1. The Kier molecular flexibility index (Phi) is 3.91. The van der Waals surface area contributed by atoms with Crippen LogP contribution in [0.4, 0.5) is 0 Å². The van der Waals surface area contributed by atoms with Crippen molar-refractivity contribution < 1.29 is 4.79 Å². The van der Waals surface area contributed by atoms with E-state index in [-0.39, 0.29) is 17.9 Å². The molecule has 0 amide bonds. The van der Waals surface area contributed by atoms with Crippen molar-refractivity contribution in [3.8, 4) is 0 Å². The molecule has 2 N–H and O–H groups in total. The van der Waals surface area contributed by atoms with Gasteiger partial charge < -0.3 is 5.73 Å². The zero-order chi connectivity index (χ0) is 9.84. The van der Waals surface area contributed by atoms with Crippen molar-refractivity contribution in [1.82, 2.24) is 0 Å². The molecule has 0 aromatic rings. The fourth-order valence-electron chi connectivity index (χ4n) is 1.99. The second-order valence-corrected chi connectivity index (χ2v) is 4.51. The molecule has 1 fully saturated rings. The SMILES string of the molecule is CC(C)C(N)C(=O)C1CCCCC1. The molecule has 1 aliphatic rings. The van der Waals surface area contributed by atoms with Crippen molar-refractivity contribution in [2.45, 2.75) is 52.0 Å². The highest BCUT2D eigenvalue weighted by Gasteiger charge is 2.27. The normalized spacial score (nSPS) is 21.8. The highest BCUT2D eigenvalue weighted by Crippen LogP contribution is 2.25. The Labute approximate surface area is 80.9 Å². The summed E-state index contributed by atoms with van der Waals surface area (Å²) in [6.45, 7) is 4.04. The van der Waals surface area contributed by atoms with Crippen molar-refractivity contribution in [3.63, 3.8) is 0 Å². The molecule has 13 heavy (non-hydrogen) atoms. The van der Waals surface area contributed by atoms with Gasteiger partial charge in [-0.3, -0.25) is 4.79 Å². The average Bonchev–Trinajstić information content (AvgIpc) is 2.17. The Bertz CT molecular complexity index is 171. The van der Waals surface area contributed by atoms with Gasteiger partial charge in [-0.25, -0.2) is 0 Å². The van der Waals surface area contributed by atoms with Gasteiger partial charge in [-0.15, -0.1) is 0 Å². The van der Waals surface area contributed by atoms with Gasteiger partial charge >= 0.3 is 0 Å². The summed E-state index contributed by atoms with van der Waals surface area (Å²) < 4.78 is 0. The van der Waals surface area contributed by atoms with Crippen LogP contribution in [0.15, 0.2) is 0 Å². The van der Waals surface area contributed by atoms with Gasteiger partial charge in [0.25, 0.3) is 0 Å². The molecule has 0 radical (unpaired) electrons. The number of hydrogen-bond acceptors (Lipinski definition) is 2. The lowest BCUT2D eigenvalue weighted by atomic mass is 9.82. The lowest BCUT2D eigenvalue weighted by Gasteiger charge is -2.24. The second-order valence-electron chi connectivity index (χ2n) is 4.51. The van der Waals surface area contributed by atoms with Crippen LogP contribution in [-0.2, 0) is 4.79 Å². The van der Waals surface area contributed by atoms with Gasteiger partial charge in [-0.2, -0.15) is 0 Å². The minimum atomic E-state index is -0.233. The molecule has 0 heterocycles. The molecule has 1 atom stereocenters. The Morgan fingerprint density at radius 3 is 2.23 bits per heavy atom. The van der Waals surface area contributed by atoms with Crippen molar-refractivity contribution in [2.75, 3.05) is 0 Å². The van der Waals surface area contributed by atoms with Crippen molar-refractivity contribution in [3.05, 3.63) is 0 Å². The molecule has 2 heteroatoms. The first-order chi connectivity index (χ1) is 6.13. The maximum atomic E-state index is 11.8. The number of carbonyl (C=O) groups is 1. The number of nitrogens with two attached hydrogens (primary N) is 1.